The van der Waals surface area contributed by atoms with Gasteiger partial charge in [0.25, 0.3) is 0 Å². The Balaban J connectivity index is 1.99. The van der Waals surface area contributed by atoms with Crippen molar-refractivity contribution in [2.24, 2.45) is 16.7 Å². The van der Waals surface area contributed by atoms with Crippen LogP contribution in [0, 0.1) is 16.7 Å². The van der Waals surface area contributed by atoms with E-state index in [1.165, 1.54) is 12.8 Å². The quantitative estimate of drug-likeness (QED) is 0.439. The zero-order chi connectivity index (χ0) is 15.2. The highest BCUT2D eigenvalue weighted by atomic mass is 16.5. The predicted octanol–water partition coefficient (Wildman–Crippen LogP) is 3.01. The maximum atomic E-state index is 12.2. The maximum Gasteiger partial charge on any atom is 0.362 e. The number of carbonyl (C=O) groups excluding carboxylic acids is 1. The van der Waals surface area contributed by atoms with Crippen LogP contribution in [0.3, 0.4) is 0 Å². The van der Waals surface area contributed by atoms with Gasteiger partial charge in [-0.3, -0.25) is 0 Å². The van der Waals surface area contributed by atoms with Gasteiger partial charge in [-0.15, -0.1) is 0 Å². The summed E-state index contributed by atoms with van der Waals surface area (Å²) in [5.41, 5.74) is 0.451. The van der Waals surface area contributed by atoms with Crippen LogP contribution >= 0.6 is 0 Å². The van der Waals surface area contributed by atoms with E-state index in [4.69, 9.17) is 4.74 Å². The average molecular weight is 280 g/mol. The van der Waals surface area contributed by atoms with Gasteiger partial charge in [0, 0.05) is 5.41 Å². The van der Waals surface area contributed by atoms with Gasteiger partial charge in [0.2, 0.25) is 0 Å². The summed E-state index contributed by atoms with van der Waals surface area (Å²) < 4.78 is 6.49. The van der Waals surface area contributed by atoms with E-state index < -0.39 is 0 Å². The minimum Gasteiger partial charge on any atom is -0.458 e. The van der Waals surface area contributed by atoms with E-state index in [1.54, 1.807) is 0 Å². The van der Waals surface area contributed by atoms with Crippen LogP contribution in [0.1, 0.15) is 40.0 Å². The number of hydrogen-bond donors (Lipinski definition) is 0. The Morgan fingerprint density at radius 2 is 2.05 bits per heavy atom. The molecule has 0 saturated heterocycles. The standard InChI is InChI=1S/C17H30NO2/c1-7-10-18(5,6)12-15(19)20-14-11-13-8-9-17(14,4)16(13,2)3/h7,13-14H,1,8-12H2,2-6H3/q+1. The van der Waals surface area contributed by atoms with Gasteiger partial charge in [0.15, 0.2) is 6.54 Å². The van der Waals surface area contributed by atoms with Crippen molar-refractivity contribution in [1.82, 2.24) is 0 Å². The summed E-state index contributed by atoms with van der Waals surface area (Å²) in [5, 5.41) is 0. The summed E-state index contributed by atoms with van der Waals surface area (Å²) in [6.45, 7) is 11.9. The minimum atomic E-state index is -0.0635. The van der Waals surface area contributed by atoms with Crippen LogP contribution in [-0.4, -0.2) is 43.7 Å². The van der Waals surface area contributed by atoms with Crippen LogP contribution in [0.2, 0.25) is 0 Å². The molecule has 3 atom stereocenters. The molecule has 0 radical (unpaired) electrons. The monoisotopic (exact) mass is 280 g/mol. The van der Waals surface area contributed by atoms with Crippen molar-refractivity contribution < 1.29 is 14.0 Å². The third-order valence-corrected chi connectivity index (χ3v) is 6.17. The van der Waals surface area contributed by atoms with Crippen LogP contribution < -0.4 is 0 Å². The number of likely N-dealkylation sites (N-methyl/N-ethyl adjacent to an activating group) is 1. The maximum absolute atomic E-state index is 12.2. The van der Waals surface area contributed by atoms with Gasteiger partial charge in [-0.05, 0) is 36.7 Å². The van der Waals surface area contributed by atoms with Crippen LogP contribution in [0.25, 0.3) is 0 Å². The van der Waals surface area contributed by atoms with Crippen molar-refractivity contribution in [3.63, 3.8) is 0 Å². The van der Waals surface area contributed by atoms with Crippen LogP contribution in [0.4, 0.5) is 0 Å². The molecule has 0 spiro atoms. The molecular formula is C17H30NO2+. The second-order valence-electron chi connectivity index (χ2n) is 8.15. The van der Waals surface area contributed by atoms with Gasteiger partial charge >= 0.3 is 5.97 Å². The molecule has 2 rings (SSSR count). The number of hydrogen-bond acceptors (Lipinski definition) is 2. The lowest BCUT2D eigenvalue weighted by Gasteiger charge is -2.38. The van der Waals surface area contributed by atoms with Crippen molar-refractivity contribution in [2.75, 3.05) is 27.2 Å². The van der Waals surface area contributed by atoms with Gasteiger partial charge in [-0.25, -0.2) is 4.79 Å². The van der Waals surface area contributed by atoms with E-state index in [0.717, 1.165) is 13.0 Å². The zero-order valence-electron chi connectivity index (χ0n) is 13.7. The van der Waals surface area contributed by atoms with E-state index in [9.17, 15) is 4.79 Å². The molecule has 2 aliphatic rings. The van der Waals surface area contributed by atoms with Gasteiger partial charge in [0.1, 0.15) is 6.10 Å². The first-order valence-corrected chi connectivity index (χ1v) is 7.75. The highest BCUT2D eigenvalue weighted by molar-refractivity contribution is 5.71. The SMILES string of the molecule is C=CC[N+](C)(C)CC(=O)OC1CC2CCC1(C)C2(C)C. The summed E-state index contributed by atoms with van der Waals surface area (Å²) in [5.74, 6) is 0.646. The predicted molar refractivity (Wildman–Crippen MR) is 81.1 cm³/mol. The molecule has 0 amide bonds. The van der Waals surface area contributed by atoms with Gasteiger partial charge in [-0.1, -0.05) is 27.4 Å². The second kappa shape index (κ2) is 4.87. The summed E-state index contributed by atoms with van der Waals surface area (Å²) in [6.07, 6.45) is 5.48. The van der Waals surface area contributed by atoms with Crippen LogP contribution in [0.15, 0.2) is 12.7 Å². The Bertz CT molecular complexity index is 413. The summed E-state index contributed by atoms with van der Waals surface area (Å²) in [7, 11) is 4.07. The highest BCUT2D eigenvalue weighted by Crippen LogP contribution is 2.66. The van der Waals surface area contributed by atoms with Crippen LogP contribution in [0.5, 0.6) is 0 Å². The van der Waals surface area contributed by atoms with Gasteiger partial charge < -0.3 is 9.22 Å². The smallest absolute Gasteiger partial charge is 0.362 e. The van der Waals surface area contributed by atoms with E-state index in [0.29, 0.717) is 22.4 Å². The van der Waals surface area contributed by atoms with E-state index in [2.05, 4.69) is 27.4 Å². The zero-order valence-corrected chi connectivity index (χ0v) is 13.7. The number of rotatable bonds is 5. The number of nitrogens with zero attached hydrogens (tertiary/aromatic N) is 1. The first-order chi connectivity index (χ1) is 9.12. The van der Waals surface area contributed by atoms with Crippen molar-refractivity contribution in [3.05, 3.63) is 12.7 Å². The van der Waals surface area contributed by atoms with E-state index in [-0.39, 0.29) is 17.5 Å². The average Bonchev–Trinajstić information content (AvgIpc) is 2.60. The second-order valence-corrected chi connectivity index (χ2v) is 8.15. The van der Waals surface area contributed by atoms with E-state index in [1.807, 2.05) is 20.2 Å². The fraction of sp³-hybridized carbons (Fsp3) is 0.824. The summed E-state index contributed by atoms with van der Waals surface area (Å²) in [6, 6.07) is 0. The highest BCUT2D eigenvalue weighted by Gasteiger charge is 2.62. The first kappa shape index (κ1) is 15.6. The fourth-order valence-electron chi connectivity index (χ4n) is 4.27. The number of ether oxygens (including phenoxy) is 1. The molecule has 0 aromatic rings. The lowest BCUT2D eigenvalue weighted by Crippen LogP contribution is -2.46. The third kappa shape index (κ3) is 2.41. The lowest BCUT2D eigenvalue weighted by molar-refractivity contribution is -0.877. The molecular weight excluding hydrogens is 250 g/mol. The number of quaternary nitrogens is 1. The fourth-order valence-corrected chi connectivity index (χ4v) is 4.27. The molecule has 3 unspecified atom stereocenters. The number of carbonyl (C=O) groups is 1. The molecule has 3 nitrogen and oxygen atoms in total. The van der Waals surface area contributed by atoms with E-state index >= 15 is 0 Å². The molecule has 114 valence electrons. The van der Waals surface area contributed by atoms with Crippen molar-refractivity contribution in [2.45, 2.75) is 46.1 Å². The van der Waals surface area contributed by atoms with Crippen molar-refractivity contribution in [1.29, 1.82) is 0 Å². The molecule has 0 aromatic heterocycles. The Labute approximate surface area is 123 Å². The Morgan fingerprint density at radius 3 is 2.50 bits per heavy atom. The topological polar surface area (TPSA) is 26.3 Å². The summed E-state index contributed by atoms with van der Waals surface area (Å²) in [4.78, 5) is 12.2. The Morgan fingerprint density at radius 1 is 1.40 bits per heavy atom. The molecule has 2 saturated carbocycles. The van der Waals surface area contributed by atoms with Gasteiger partial charge in [-0.2, -0.15) is 0 Å². The molecule has 0 heterocycles. The first-order valence-electron chi connectivity index (χ1n) is 7.75. The summed E-state index contributed by atoms with van der Waals surface area (Å²) >= 11 is 0. The number of fused-ring (bicyclic) bond motifs is 2. The molecule has 2 aliphatic carbocycles. The molecule has 20 heavy (non-hydrogen) atoms. The molecule has 3 heteroatoms. The molecule has 2 bridgehead atoms. The molecule has 2 fully saturated rings. The molecule has 0 aliphatic heterocycles. The molecule has 0 N–H and O–H groups in total. The lowest BCUT2D eigenvalue weighted by atomic mass is 9.70. The Kier molecular flexibility index (Phi) is 3.79. The van der Waals surface area contributed by atoms with Crippen LogP contribution in [-0.2, 0) is 9.53 Å². The van der Waals surface area contributed by atoms with Crippen molar-refractivity contribution >= 4 is 5.97 Å². The number of esters is 1. The normalized spacial score (nSPS) is 35.0. The van der Waals surface area contributed by atoms with Gasteiger partial charge in [0.05, 0.1) is 20.6 Å². The van der Waals surface area contributed by atoms with Crippen molar-refractivity contribution in [3.8, 4) is 0 Å². The molecule has 0 aromatic carbocycles. The third-order valence-electron chi connectivity index (χ3n) is 6.17. The largest absolute Gasteiger partial charge is 0.458 e. The Hall–Kier alpha value is -0.830. The minimum absolute atomic E-state index is 0.0635.